The third kappa shape index (κ3) is 12.6. The molecule has 1 rings (SSSR count). The van der Waals surface area contributed by atoms with Crippen LogP contribution in [-0.2, 0) is 19.1 Å². The maximum atomic E-state index is 12.8. The van der Waals surface area contributed by atoms with Gasteiger partial charge in [-0.3, -0.25) is 9.59 Å². The monoisotopic (exact) mass is 464 g/mol. The van der Waals surface area contributed by atoms with Crippen molar-refractivity contribution in [1.29, 1.82) is 0 Å². The quantitative estimate of drug-likeness (QED) is 0.103. The van der Waals surface area contributed by atoms with E-state index in [1.165, 1.54) is 77.0 Å². The molecule has 1 aliphatic rings. The van der Waals surface area contributed by atoms with Crippen molar-refractivity contribution < 1.29 is 19.1 Å². The summed E-state index contributed by atoms with van der Waals surface area (Å²) in [5.41, 5.74) is 0.942. The van der Waals surface area contributed by atoms with Crippen LogP contribution in [0.25, 0.3) is 0 Å². The molecule has 33 heavy (non-hydrogen) atoms. The van der Waals surface area contributed by atoms with E-state index in [4.69, 9.17) is 9.47 Å². The van der Waals surface area contributed by atoms with Crippen LogP contribution < -0.4 is 0 Å². The SMILES string of the molecule is CCCCCCCCCCOC(=O)C1C(C)=CC(C)C1C(=O)OCCCCCCCCCC. The standard InChI is InChI=1S/C29H52O4/c1-5-7-9-11-13-15-17-19-21-32-28(30)26-24(3)23-25(4)27(26)29(31)33-22-20-18-16-14-12-10-8-6-2/h23-24,26-27H,5-22H2,1-4H3. The Hall–Kier alpha value is -1.32. The Bertz CT molecular complexity index is 554. The molecule has 0 bridgehead atoms. The molecule has 0 amide bonds. The molecule has 0 spiro atoms. The normalized spacial score (nSPS) is 20.0. The van der Waals surface area contributed by atoms with Gasteiger partial charge < -0.3 is 9.47 Å². The highest BCUT2D eigenvalue weighted by Crippen LogP contribution is 2.38. The molecule has 4 heteroatoms. The maximum absolute atomic E-state index is 12.8. The zero-order chi connectivity index (χ0) is 24.3. The molecule has 0 heterocycles. The van der Waals surface area contributed by atoms with Crippen LogP contribution in [0.1, 0.15) is 130 Å². The van der Waals surface area contributed by atoms with Crippen LogP contribution in [-0.4, -0.2) is 25.2 Å². The second-order valence-electron chi connectivity index (χ2n) is 10.1. The van der Waals surface area contributed by atoms with E-state index in [2.05, 4.69) is 13.8 Å². The molecule has 0 aliphatic heterocycles. The summed E-state index contributed by atoms with van der Waals surface area (Å²) in [6.45, 7) is 9.31. The van der Waals surface area contributed by atoms with Gasteiger partial charge >= 0.3 is 11.9 Å². The predicted octanol–water partition coefficient (Wildman–Crippen LogP) is 8.18. The molecule has 0 aromatic rings. The van der Waals surface area contributed by atoms with E-state index in [1.807, 2.05) is 19.9 Å². The van der Waals surface area contributed by atoms with Crippen molar-refractivity contribution >= 4 is 11.9 Å². The number of unbranched alkanes of at least 4 members (excludes halogenated alkanes) is 14. The predicted molar refractivity (Wildman–Crippen MR) is 137 cm³/mol. The zero-order valence-corrected chi connectivity index (χ0v) is 22.2. The Morgan fingerprint density at radius 1 is 0.667 bits per heavy atom. The van der Waals surface area contributed by atoms with Gasteiger partial charge in [0.05, 0.1) is 25.0 Å². The Labute approximate surface area is 204 Å². The molecule has 4 nitrogen and oxygen atoms in total. The van der Waals surface area contributed by atoms with E-state index in [1.54, 1.807) is 0 Å². The first-order chi connectivity index (χ1) is 16.0. The minimum Gasteiger partial charge on any atom is -0.465 e. The average Bonchev–Trinajstić information content (AvgIpc) is 3.10. The molecular weight excluding hydrogens is 412 g/mol. The van der Waals surface area contributed by atoms with Crippen LogP contribution in [0.5, 0.6) is 0 Å². The van der Waals surface area contributed by atoms with Crippen molar-refractivity contribution in [3.63, 3.8) is 0 Å². The number of rotatable bonds is 20. The van der Waals surface area contributed by atoms with Gasteiger partial charge in [0.1, 0.15) is 0 Å². The van der Waals surface area contributed by atoms with Crippen molar-refractivity contribution in [2.75, 3.05) is 13.2 Å². The third-order valence-corrected chi connectivity index (χ3v) is 6.95. The van der Waals surface area contributed by atoms with Crippen LogP contribution >= 0.6 is 0 Å². The molecular formula is C29H52O4. The van der Waals surface area contributed by atoms with Gasteiger partial charge in [-0.2, -0.15) is 0 Å². The van der Waals surface area contributed by atoms with E-state index >= 15 is 0 Å². The Morgan fingerprint density at radius 3 is 1.52 bits per heavy atom. The molecule has 3 atom stereocenters. The maximum Gasteiger partial charge on any atom is 0.313 e. The Morgan fingerprint density at radius 2 is 1.06 bits per heavy atom. The summed E-state index contributed by atoms with van der Waals surface area (Å²) in [5.74, 6) is -1.42. The summed E-state index contributed by atoms with van der Waals surface area (Å²) < 4.78 is 11.2. The summed E-state index contributed by atoms with van der Waals surface area (Å²) >= 11 is 0. The van der Waals surface area contributed by atoms with Gasteiger partial charge in [0.15, 0.2) is 0 Å². The lowest BCUT2D eigenvalue weighted by atomic mass is 9.87. The van der Waals surface area contributed by atoms with Crippen LogP contribution in [0, 0.1) is 17.8 Å². The van der Waals surface area contributed by atoms with Gasteiger partial charge in [0.2, 0.25) is 0 Å². The van der Waals surface area contributed by atoms with Crippen LogP contribution in [0.15, 0.2) is 11.6 Å². The number of hydrogen-bond acceptors (Lipinski definition) is 4. The second kappa shape index (κ2) is 19.0. The largest absolute Gasteiger partial charge is 0.465 e. The number of hydrogen-bond donors (Lipinski definition) is 0. The van der Waals surface area contributed by atoms with E-state index < -0.39 is 11.8 Å². The van der Waals surface area contributed by atoms with Gasteiger partial charge in [0.25, 0.3) is 0 Å². The molecule has 0 fully saturated rings. The minimum atomic E-state index is -0.486. The topological polar surface area (TPSA) is 52.6 Å². The lowest BCUT2D eigenvalue weighted by Crippen LogP contribution is -2.33. The molecule has 0 radical (unpaired) electrons. The molecule has 0 saturated carbocycles. The lowest BCUT2D eigenvalue weighted by Gasteiger charge is -2.22. The summed E-state index contributed by atoms with van der Waals surface area (Å²) in [6.07, 6.45) is 21.4. The van der Waals surface area contributed by atoms with E-state index in [9.17, 15) is 9.59 Å². The van der Waals surface area contributed by atoms with E-state index in [0.29, 0.717) is 13.2 Å². The van der Waals surface area contributed by atoms with Gasteiger partial charge in [-0.25, -0.2) is 0 Å². The molecule has 3 unspecified atom stereocenters. The molecule has 0 saturated heterocycles. The van der Waals surface area contributed by atoms with Crippen molar-refractivity contribution in [3.8, 4) is 0 Å². The molecule has 0 aromatic carbocycles. The fraction of sp³-hybridized carbons (Fsp3) is 0.862. The van der Waals surface area contributed by atoms with Gasteiger partial charge in [-0.15, -0.1) is 0 Å². The highest BCUT2D eigenvalue weighted by Gasteiger charge is 2.44. The van der Waals surface area contributed by atoms with Crippen molar-refractivity contribution in [1.82, 2.24) is 0 Å². The summed E-state index contributed by atoms with van der Waals surface area (Å²) in [4.78, 5) is 25.6. The van der Waals surface area contributed by atoms with Crippen molar-refractivity contribution in [3.05, 3.63) is 11.6 Å². The lowest BCUT2D eigenvalue weighted by molar-refractivity contribution is -0.160. The average molecular weight is 465 g/mol. The highest BCUT2D eigenvalue weighted by atomic mass is 16.5. The molecule has 0 N–H and O–H groups in total. The third-order valence-electron chi connectivity index (χ3n) is 6.95. The molecule has 192 valence electrons. The highest BCUT2D eigenvalue weighted by molar-refractivity contribution is 5.86. The molecule has 1 aliphatic carbocycles. The first kappa shape index (κ1) is 29.7. The summed E-state index contributed by atoms with van der Waals surface area (Å²) in [7, 11) is 0. The van der Waals surface area contributed by atoms with Crippen molar-refractivity contribution in [2.24, 2.45) is 17.8 Å². The first-order valence-corrected chi connectivity index (χ1v) is 14.0. The van der Waals surface area contributed by atoms with Gasteiger partial charge in [-0.1, -0.05) is 122 Å². The van der Waals surface area contributed by atoms with Crippen LogP contribution in [0.2, 0.25) is 0 Å². The number of ether oxygens (including phenoxy) is 2. The summed E-state index contributed by atoms with van der Waals surface area (Å²) in [5, 5.41) is 0. The first-order valence-electron chi connectivity index (χ1n) is 14.0. The minimum absolute atomic E-state index is 0.0109. The van der Waals surface area contributed by atoms with E-state index in [0.717, 1.165) is 31.3 Å². The Kier molecular flexibility index (Phi) is 17.1. The zero-order valence-electron chi connectivity index (χ0n) is 22.2. The van der Waals surface area contributed by atoms with E-state index in [-0.39, 0.29) is 17.9 Å². The summed E-state index contributed by atoms with van der Waals surface area (Å²) in [6, 6.07) is 0. The number of allylic oxidation sites excluding steroid dienone is 1. The number of carbonyl (C=O) groups is 2. The van der Waals surface area contributed by atoms with Gasteiger partial charge in [0, 0.05) is 0 Å². The van der Waals surface area contributed by atoms with Crippen LogP contribution in [0.3, 0.4) is 0 Å². The number of esters is 2. The molecule has 0 aromatic heterocycles. The van der Waals surface area contributed by atoms with Crippen LogP contribution in [0.4, 0.5) is 0 Å². The Balaban J connectivity index is 2.26. The smallest absolute Gasteiger partial charge is 0.313 e. The fourth-order valence-corrected chi connectivity index (χ4v) is 4.90. The van der Waals surface area contributed by atoms with Gasteiger partial charge in [-0.05, 0) is 25.7 Å². The fourth-order valence-electron chi connectivity index (χ4n) is 4.90. The second-order valence-corrected chi connectivity index (χ2v) is 10.1. The number of carbonyl (C=O) groups excluding carboxylic acids is 2. The van der Waals surface area contributed by atoms with Crippen molar-refractivity contribution in [2.45, 2.75) is 130 Å².